The molecular weight excluding hydrogens is 244 g/mol. The second-order valence-corrected chi connectivity index (χ2v) is 5.92. The number of nitrogens with two attached hydrogens (primary N) is 1. The Hall–Kier alpha value is -1.00. The van der Waals surface area contributed by atoms with Crippen molar-refractivity contribution in [1.82, 2.24) is 4.90 Å². The molecule has 1 aliphatic heterocycles. The van der Waals surface area contributed by atoms with E-state index in [1.165, 1.54) is 0 Å². The number of benzene rings is 1. The maximum Gasteiger partial charge on any atom is 0.232 e. The molecule has 3 nitrogen and oxygen atoms in total. The van der Waals surface area contributed by atoms with Gasteiger partial charge < -0.3 is 10.6 Å². The van der Waals surface area contributed by atoms with E-state index in [0.717, 1.165) is 24.4 Å². The molecule has 2 atom stereocenters. The fourth-order valence-corrected chi connectivity index (χ4v) is 2.97. The second kappa shape index (κ2) is 6.25. The molecule has 1 amide bonds. The van der Waals surface area contributed by atoms with E-state index in [4.69, 9.17) is 5.73 Å². The SMILES string of the molecule is CC1CN(C(=O)CSc2ccccc2)CCC1N. The van der Waals surface area contributed by atoms with Crippen molar-refractivity contribution in [3.05, 3.63) is 30.3 Å². The maximum atomic E-state index is 12.1. The van der Waals surface area contributed by atoms with Crippen LogP contribution in [0.15, 0.2) is 35.2 Å². The van der Waals surface area contributed by atoms with Crippen molar-refractivity contribution in [3.8, 4) is 0 Å². The minimum atomic E-state index is 0.225. The van der Waals surface area contributed by atoms with E-state index < -0.39 is 0 Å². The Bertz CT molecular complexity index is 396. The summed E-state index contributed by atoms with van der Waals surface area (Å²) in [4.78, 5) is 15.2. The predicted octanol–water partition coefficient (Wildman–Crippen LogP) is 1.97. The predicted molar refractivity (Wildman–Crippen MR) is 75.5 cm³/mol. The zero-order chi connectivity index (χ0) is 13.0. The lowest BCUT2D eigenvalue weighted by molar-refractivity contribution is -0.130. The Labute approximate surface area is 113 Å². The van der Waals surface area contributed by atoms with E-state index in [0.29, 0.717) is 11.7 Å². The Morgan fingerprint density at radius 2 is 2.17 bits per heavy atom. The monoisotopic (exact) mass is 264 g/mol. The summed E-state index contributed by atoms with van der Waals surface area (Å²) in [5.74, 6) is 1.15. The number of rotatable bonds is 3. The molecule has 2 rings (SSSR count). The van der Waals surface area contributed by atoms with Crippen LogP contribution in [0.3, 0.4) is 0 Å². The Balaban J connectivity index is 1.82. The van der Waals surface area contributed by atoms with Crippen molar-refractivity contribution in [2.45, 2.75) is 24.3 Å². The zero-order valence-corrected chi connectivity index (χ0v) is 11.5. The average Bonchev–Trinajstić information content (AvgIpc) is 2.40. The molecular formula is C14H20N2OS. The molecule has 1 aromatic carbocycles. The smallest absolute Gasteiger partial charge is 0.232 e. The molecule has 0 aromatic heterocycles. The summed E-state index contributed by atoms with van der Waals surface area (Å²) < 4.78 is 0. The normalized spacial score (nSPS) is 24.0. The minimum absolute atomic E-state index is 0.225. The third-order valence-electron chi connectivity index (χ3n) is 3.43. The third kappa shape index (κ3) is 3.50. The summed E-state index contributed by atoms with van der Waals surface area (Å²) in [5, 5.41) is 0. The molecule has 18 heavy (non-hydrogen) atoms. The van der Waals surface area contributed by atoms with Crippen LogP contribution in [0.2, 0.25) is 0 Å². The van der Waals surface area contributed by atoms with Gasteiger partial charge in [-0.05, 0) is 24.5 Å². The van der Waals surface area contributed by atoms with Gasteiger partial charge >= 0.3 is 0 Å². The molecule has 4 heteroatoms. The molecule has 1 aliphatic rings. The highest BCUT2D eigenvalue weighted by molar-refractivity contribution is 8.00. The van der Waals surface area contributed by atoms with Crippen LogP contribution >= 0.6 is 11.8 Å². The fraction of sp³-hybridized carbons (Fsp3) is 0.500. The van der Waals surface area contributed by atoms with Gasteiger partial charge in [0.1, 0.15) is 0 Å². The Kier molecular flexibility index (Phi) is 4.66. The number of piperidine rings is 1. The molecule has 1 heterocycles. The summed E-state index contributed by atoms with van der Waals surface area (Å²) >= 11 is 1.60. The number of carbonyl (C=O) groups is 1. The average molecular weight is 264 g/mol. The van der Waals surface area contributed by atoms with E-state index in [2.05, 4.69) is 6.92 Å². The number of hydrogen-bond acceptors (Lipinski definition) is 3. The van der Waals surface area contributed by atoms with Crippen LogP contribution < -0.4 is 5.73 Å². The molecule has 2 unspecified atom stereocenters. The van der Waals surface area contributed by atoms with Crippen molar-refractivity contribution >= 4 is 17.7 Å². The standard InChI is InChI=1S/C14H20N2OS/c1-11-9-16(8-7-13(11)15)14(17)10-18-12-5-3-2-4-6-12/h2-6,11,13H,7-10,15H2,1H3. The fourth-order valence-electron chi connectivity index (χ4n) is 2.14. The molecule has 0 bridgehead atoms. The highest BCUT2D eigenvalue weighted by Crippen LogP contribution is 2.20. The molecule has 0 aliphatic carbocycles. The Morgan fingerprint density at radius 3 is 2.83 bits per heavy atom. The summed E-state index contributed by atoms with van der Waals surface area (Å²) in [6.45, 7) is 3.73. The highest BCUT2D eigenvalue weighted by Gasteiger charge is 2.25. The summed E-state index contributed by atoms with van der Waals surface area (Å²) in [7, 11) is 0. The highest BCUT2D eigenvalue weighted by atomic mass is 32.2. The van der Waals surface area contributed by atoms with Gasteiger partial charge in [0.15, 0.2) is 0 Å². The van der Waals surface area contributed by atoms with Gasteiger partial charge in [-0.2, -0.15) is 0 Å². The first-order valence-corrected chi connectivity index (χ1v) is 7.36. The van der Waals surface area contributed by atoms with Crippen molar-refractivity contribution in [1.29, 1.82) is 0 Å². The summed E-state index contributed by atoms with van der Waals surface area (Å²) in [6, 6.07) is 10.3. The van der Waals surface area contributed by atoms with E-state index >= 15 is 0 Å². The summed E-state index contributed by atoms with van der Waals surface area (Å²) in [6.07, 6.45) is 0.920. The van der Waals surface area contributed by atoms with Gasteiger partial charge in [0.2, 0.25) is 5.91 Å². The van der Waals surface area contributed by atoms with Crippen LogP contribution in [0.5, 0.6) is 0 Å². The van der Waals surface area contributed by atoms with Crippen LogP contribution in [0, 0.1) is 5.92 Å². The first-order valence-electron chi connectivity index (χ1n) is 6.38. The van der Waals surface area contributed by atoms with Gasteiger partial charge in [-0.1, -0.05) is 25.1 Å². The largest absolute Gasteiger partial charge is 0.342 e. The van der Waals surface area contributed by atoms with E-state index in [1.807, 2.05) is 35.2 Å². The number of amides is 1. The van der Waals surface area contributed by atoms with Crippen molar-refractivity contribution in [2.75, 3.05) is 18.8 Å². The van der Waals surface area contributed by atoms with Crippen LogP contribution in [0.1, 0.15) is 13.3 Å². The molecule has 0 saturated carbocycles. The quantitative estimate of drug-likeness (QED) is 0.849. The Morgan fingerprint density at radius 1 is 1.44 bits per heavy atom. The second-order valence-electron chi connectivity index (χ2n) is 4.87. The molecule has 1 fully saturated rings. The van der Waals surface area contributed by atoms with Crippen molar-refractivity contribution in [2.24, 2.45) is 11.7 Å². The number of nitrogens with zero attached hydrogens (tertiary/aromatic N) is 1. The first kappa shape index (κ1) is 13.4. The van der Waals surface area contributed by atoms with E-state index in [1.54, 1.807) is 11.8 Å². The van der Waals surface area contributed by atoms with Gasteiger partial charge in [0, 0.05) is 24.0 Å². The molecule has 1 saturated heterocycles. The van der Waals surface area contributed by atoms with Crippen LogP contribution in [-0.2, 0) is 4.79 Å². The van der Waals surface area contributed by atoms with E-state index in [9.17, 15) is 4.79 Å². The van der Waals surface area contributed by atoms with Gasteiger partial charge in [-0.15, -0.1) is 11.8 Å². The first-order chi connectivity index (χ1) is 8.66. The maximum absolute atomic E-state index is 12.1. The molecule has 0 spiro atoms. The molecule has 0 radical (unpaired) electrons. The minimum Gasteiger partial charge on any atom is -0.342 e. The van der Waals surface area contributed by atoms with Crippen molar-refractivity contribution < 1.29 is 4.79 Å². The number of likely N-dealkylation sites (tertiary alicyclic amines) is 1. The molecule has 98 valence electrons. The molecule has 1 aromatic rings. The third-order valence-corrected chi connectivity index (χ3v) is 4.43. The van der Waals surface area contributed by atoms with Gasteiger partial charge in [-0.3, -0.25) is 4.79 Å². The number of thioether (sulfide) groups is 1. The van der Waals surface area contributed by atoms with Gasteiger partial charge in [0.25, 0.3) is 0 Å². The van der Waals surface area contributed by atoms with Gasteiger partial charge in [-0.25, -0.2) is 0 Å². The summed E-state index contributed by atoms with van der Waals surface area (Å²) in [5.41, 5.74) is 5.96. The van der Waals surface area contributed by atoms with Crippen LogP contribution in [0.25, 0.3) is 0 Å². The topological polar surface area (TPSA) is 46.3 Å². The number of hydrogen-bond donors (Lipinski definition) is 1. The number of carbonyl (C=O) groups excluding carboxylic acids is 1. The van der Waals surface area contributed by atoms with Crippen LogP contribution in [0.4, 0.5) is 0 Å². The lowest BCUT2D eigenvalue weighted by Gasteiger charge is -2.35. The van der Waals surface area contributed by atoms with Crippen molar-refractivity contribution in [3.63, 3.8) is 0 Å². The zero-order valence-electron chi connectivity index (χ0n) is 10.7. The van der Waals surface area contributed by atoms with Gasteiger partial charge in [0.05, 0.1) is 5.75 Å². The van der Waals surface area contributed by atoms with Crippen LogP contribution in [-0.4, -0.2) is 35.7 Å². The molecule has 2 N–H and O–H groups in total. The van der Waals surface area contributed by atoms with E-state index in [-0.39, 0.29) is 11.9 Å². The lowest BCUT2D eigenvalue weighted by atomic mass is 9.95. The lowest BCUT2D eigenvalue weighted by Crippen LogP contribution is -2.48.